The number of nitrogens with zero attached hydrogens (tertiary/aromatic N) is 3. The van der Waals surface area contributed by atoms with Gasteiger partial charge >= 0.3 is 0 Å². The molecule has 2 heterocycles. The standard InChI is InChI=1S/C17H19ClN4O2/c1-8-14(18)15(22(4)21-8)12-9(7-19)16(20)24-11-6-17(2,3)5-10(23)13(11)12/h12H,5-6,20H2,1-4H3/t12-/m0/s1. The fourth-order valence-electron chi connectivity index (χ4n) is 3.52. The third kappa shape index (κ3) is 2.40. The Morgan fingerprint density at radius 1 is 1.46 bits per heavy atom. The molecule has 6 nitrogen and oxygen atoms in total. The first-order chi connectivity index (χ1) is 11.2. The second-order valence-corrected chi connectivity index (χ2v) is 7.49. The van der Waals surface area contributed by atoms with Crippen LogP contribution >= 0.6 is 11.6 Å². The van der Waals surface area contributed by atoms with Crippen molar-refractivity contribution in [1.82, 2.24) is 9.78 Å². The Morgan fingerprint density at radius 3 is 2.67 bits per heavy atom. The highest BCUT2D eigenvalue weighted by Gasteiger charge is 2.44. The van der Waals surface area contributed by atoms with Crippen LogP contribution in [0.3, 0.4) is 0 Å². The van der Waals surface area contributed by atoms with Gasteiger partial charge in [0, 0.05) is 25.5 Å². The van der Waals surface area contributed by atoms with E-state index in [2.05, 4.69) is 11.2 Å². The Kier molecular flexibility index (Phi) is 3.72. The number of Topliss-reactive ketones (excluding diaryl/α,β-unsaturated/α-hetero) is 1. The van der Waals surface area contributed by atoms with Gasteiger partial charge in [0.15, 0.2) is 5.78 Å². The molecule has 0 unspecified atom stereocenters. The third-order valence-electron chi connectivity index (χ3n) is 4.54. The lowest BCUT2D eigenvalue weighted by atomic mass is 9.71. The second-order valence-electron chi connectivity index (χ2n) is 7.11. The zero-order chi connectivity index (χ0) is 17.8. The van der Waals surface area contributed by atoms with E-state index in [-0.39, 0.29) is 22.7 Å². The van der Waals surface area contributed by atoms with Crippen LogP contribution in [0.15, 0.2) is 22.8 Å². The molecule has 1 aliphatic heterocycles. The number of nitrogens with two attached hydrogens (primary N) is 1. The molecule has 0 aromatic carbocycles. The number of ketones is 1. The minimum Gasteiger partial charge on any atom is -0.444 e. The van der Waals surface area contributed by atoms with Crippen molar-refractivity contribution >= 4 is 17.4 Å². The summed E-state index contributed by atoms with van der Waals surface area (Å²) in [5.74, 6) is -0.114. The summed E-state index contributed by atoms with van der Waals surface area (Å²) in [6, 6.07) is 2.08. The van der Waals surface area contributed by atoms with E-state index in [0.717, 1.165) is 0 Å². The highest BCUT2D eigenvalue weighted by Crippen LogP contribution is 2.49. The number of rotatable bonds is 1. The number of hydrogen-bond acceptors (Lipinski definition) is 5. The molecule has 2 aliphatic rings. The van der Waals surface area contributed by atoms with E-state index in [9.17, 15) is 10.1 Å². The molecule has 1 aromatic rings. The molecule has 1 aliphatic carbocycles. The monoisotopic (exact) mass is 346 g/mol. The molecule has 24 heavy (non-hydrogen) atoms. The summed E-state index contributed by atoms with van der Waals surface area (Å²) in [5.41, 5.74) is 7.68. The number of halogens is 1. The lowest BCUT2D eigenvalue weighted by Crippen LogP contribution is -2.34. The lowest BCUT2D eigenvalue weighted by molar-refractivity contribution is -0.119. The first-order valence-electron chi connectivity index (χ1n) is 7.69. The number of carbonyl (C=O) groups is 1. The van der Waals surface area contributed by atoms with Gasteiger partial charge in [-0.25, -0.2) is 0 Å². The molecule has 126 valence electrons. The van der Waals surface area contributed by atoms with Crippen molar-refractivity contribution < 1.29 is 9.53 Å². The average Bonchev–Trinajstić information content (AvgIpc) is 2.69. The molecule has 3 rings (SSSR count). The van der Waals surface area contributed by atoms with Crippen LogP contribution in [0.1, 0.15) is 44.0 Å². The van der Waals surface area contributed by atoms with Crippen molar-refractivity contribution in [2.24, 2.45) is 18.2 Å². The smallest absolute Gasteiger partial charge is 0.205 e. The predicted molar refractivity (Wildman–Crippen MR) is 88.7 cm³/mol. The molecule has 0 saturated carbocycles. The number of carbonyl (C=O) groups excluding carboxylic acids is 1. The SMILES string of the molecule is Cc1nn(C)c([C@H]2C(C#N)=C(N)OC3=C2C(=O)CC(C)(C)C3)c1Cl. The molecular weight excluding hydrogens is 328 g/mol. The Hall–Kier alpha value is -2.26. The lowest BCUT2D eigenvalue weighted by Gasteiger charge is -2.37. The molecule has 1 atom stereocenters. The van der Waals surface area contributed by atoms with Crippen LogP contribution in [-0.4, -0.2) is 15.6 Å². The zero-order valence-electron chi connectivity index (χ0n) is 14.1. The summed E-state index contributed by atoms with van der Waals surface area (Å²) in [5, 5.41) is 14.3. The molecule has 7 heteroatoms. The number of ether oxygens (including phenoxy) is 1. The van der Waals surface area contributed by atoms with Crippen molar-refractivity contribution in [2.45, 2.75) is 39.5 Å². The summed E-state index contributed by atoms with van der Waals surface area (Å²) in [6.45, 7) is 5.80. The maximum Gasteiger partial charge on any atom is 0.205 e. The summed E-state index contributed by atoms with van der Waals surface area (Å²) < 4.78 is 7.27. The normalized spacial score (nSPS) is 23.0. The van der Waals surface area contributed by atoms with Crippen LogP contribution in [0.5, 0.6) is 0 Å². The van der Waals surface area contributed by atoms with E-state index in [1.165, 1.54) is 0 Å². The fraction of sp³-hybridized carbons (Fsp3) is 0.471. The topological polar surface area (TPSA) is 93.9 Å². The molecule has 2 N–H and O–H groups in total. The molecule has 0 bridgehead atoms. The highest BCUT2D eigenvalue weighted by molar-refractivity contribution is 6.32. The number of nitriles is 1. The van der Waals surface area contributed by atoms with Crippen molar-refractivity contribution in [3.8, 4) is 6.07 Å². The van der Waals surface area contributed by atoms with E-state index >= 15 is 0 Å². The minimum absolute atomic E-state index is 0.0293. The molecule has 0 spiro atoms. The largest absolute Gasteiger partial charge is 0.444 e. The van der Waals surface area contributed by atoms with Gasteiger partial charge in [0.1, 0.15) is 17.4 Å². The zero-order valence-corrected chi connectivity index (χ0v) is 14.9. The number of allylic oxidation sites excluding steroid dienone is 3. The van der Waals surface area contributed by atoms with E-state index in [0.29, 0.717) is 40.6 Å². The van der Waals surface area contributed by atoms with Crippen LogP contribution in [0, 0.1) is 23.7 Å². The predicted octanol–water partition coefficient (Wildman–Crippen LogP) is 2.83. The highest BCUT2D eigenvalue weighted by atomic mass is 35.5. The Balaban J connectivity index is 2.26. The molecule has 1 aromatic heterocycles. The van der Waals surface area contributed by atoms with E-state index in [4.69, 9.17) is 22.1 Å². The summed E-state index contributed by atoms with van der Waals surface area (Å²) in [7, 11) is 1.74. The minimum atomic E-state index is -0.638. The van der Waals surface area contributed by atoms with E-state index < -0.39 is 5.92 Å². The van der Waals surface area contributed by atoms with Gasteiger partial charge in [-0.2, -0.15) is 10.4 Å². The van der Waals surface area contributed by atoms with Gasteiger partial charge in [0.2, 0.25) is 5.88 Å². The van der Waals surface area contributed by atoms with Gasteiger partial charge in [-0.15, -0.1) is 0 Å². The van der Waals surface area contributed by atoms with Crippen LogP contribution in [-0.2, 0) is 16.6 Å². The van der Waals surface area contributed by atoms with Gasteiger partial charge in [0.05, 0.1) is 22.3 Å². The van der Waals surface area contributed by atoms with Crippen LogP contribution < -0.4 is 5.73 Å². The van der Waals surface area contributed by atoms with Crippen LogP contribution in [0.2, 0.25) is 5.02 Å². The summed E-state index contributed by atoms with van der Waals surface area (Å²) >= 11 is 6.42. The number of aryl methyl sites for hydroxylation is 2. The summed E-state index contributed by atoms with van der Waals surface area (Å²) in [6.07, 6.45) is 0.969. The molecule has 0 amide bonds. The van der Waals surface area contributed by atoms with Crippen molar-refractivity contribution in [3.63, 3.8) is 0 Å². The Labute approximate surface area is 145 Å². The maximum absolute atomic E-state index is 12.8. The number of hydrogen-bond donors (Lipinski definition) is 1. The van der Waals surface area contributed by atoms with Crippen LogP contribution in [0.4, 0.5) is 0 Å². The van der Waals surface area contributed by atoms with E-state index in [1.54, 1.807) is 18.7 Å². The van der Waals surface area contributed by atoms with Crippen molar-refractivity contribution in [3.05, 3.63) is 39.2 Å². The second kappa shape index (κ2) is 5.38. The van der Waals surface area contributed by atoms with Gasteiger partial charge in [-0.1, -0.05) is 25.4 Å². The van der Waals surface area contributed by atoms with Gasteiger partial charge in [0.25, 0.3) is 0 Å². The molecule has 0 saturated heterocycles. The van der Waals surface area contributed by atoms with Gasteiger partial charge < -0.3 is 10.5 Å². The van der Waals surface area contributed by atoms with E-state index in [1.807, 2.05) is 13.8 Å². The molecule has 0 fully saturated rings. The first kappa shape index (κ1) is 16.6. The maximum atomic E-state index is 12.8. The average molecular weight is 347 g/mol. The Morgan fingerprint density at radius 2 is 2.12 bits per heavy atom. The van der Waals surface area contributed by atoms with Crippen LogP contribution in [0.25, 0.3) is 0 Å². The van der Waals surface area contributed by atoms with Crippen molar-refractivity contribution in [2.75, 3.05) is 0 Å². The van der Waals surface area contributed by atoms with Gasteiger partial charge in [-0.3, -0.25) is 9.48 Å². The third-order valence-corrected chi connectivity index (χ3v) is 5.01. The fourth-order valence-corrected chi connectivity index (χ4v) is 3.79. The number of aromatic nitrogens is 2. The quantitative estimate of drug-likeness (QED) is 0.843. The first-order valence-corrected chi connectivity index (χ1v) is 8.07. The van der Waals surface area contributed by atoms with Gasteiger partial charge in [-0.05, 0) is 12.3 Å². The molecular formula is C17H19ClN4O2. The molecule has 0 radical (unpaired) electrons. The van der Waals surface area contributed by atoms with Crippen molar-refractivity contribution in [1.29, 1.82) is 5.26 Å². The summed E-state index contributed by atoms with van der Waals surface area (Å²) in [4.78, 5) is 12.8. The Bertz CT molecular complexity index is 855.